The molecule has 4 aliphatic rings. The van der Waals surface area contributed by atoms with E-state index in [-0.39, 0.29) is 11.5 Å². The number of carbonyl (C=O) groups excluding carboxylic acids is 1. The van der Waals surface area contributed by atoms with E-state index < -0.39 is 21.2 Å². The third kappa shape index (κ3) is 5.91. The average molecular weight is 615 g/mol. The molecule has 0 aromatic heterocycles. The Balaban J connectivity index is 1.38. The van der Waals surface area contributed by atoms with Crippen LogP contribution in [0.4, 0.5) is 5.69 Å². The highest BCUT2D eigenvalue weighted by Gasteiger charge is 2.52. The number of aryl methyl sites for hydroxylation is 1. The molecule has 6 rings (SSSR count). The van der Waals surface area contributed by atoms with Crippen LogP contribution in [0.1, 0.15) is 86.7 Å². The topological polar surface area (TPSA) is 84.9 Å². The van der Waals surface area contributed by atoms with Gasteiger partial charge in [-0.25, -0.2) is 13.1 Å². The first-order chi connectivity index (χ1) is 20.1. The maximum atomic E-state index is 13.4. The molecule has 0 radical (unpaired) electrons. The summed E-state index contributed by atoms with van der Waals surface area (Å²) in [4.78, 5) is 15.7. The maximum absolute atomic E-state index is 13.4. The summed E-state index contributed by atoms with van der Waals surface area (Å²) < 4.78 is 41.7. The van der Waals surface area contributed by atoms with Gasteiger partial charge in [0.2, 0.25) is 10.0 Å². The summed E-state index contributed by atoms with van der Waals surface area (Å²) in [6, 6.07) is 11.3. The molecule has 1 aliphatic carbocycles. The second-order valence-electron chi connectivity index (χ2n) is 12.9. The third-order valence-electron chi connectivity index (χ3n) is 10.5. The van der Waals surface area contributed by atoms with Gasteiger partial charge >= 0.3 is 0 Å². The fourth-order valence-corrected chi connectivity index (χ4v) is 8.93. The molecule has 1 spiro atoms. The number of nitrogens with one attached hydrogen (secondary N) is 1. The van der Waals surface area contributed by atoms with Crippen molar-refractivity contribution in [2.45, 2.75) is 89.1 Å². The van der Waals surface area contributed by atoms with Crippen LogP contribution in [0, 0.1) is 17.8 Å². The van der Waals surface area contributed by atoms with Gasteiger partial charge in [-0.1, -0.05) is 31.0 Å². The fourth-order valence-electron chi connectivity index (χ4n) is 7.43. The van der Waals surface area contributed by atoms with Crippen LogP contribution < -0.4 is 14.4 Å². The van der Waals surface area contributed by atoms with Crippen LogP contribution in [0.25, 0.3) is 0 Å². The van der Waals surface area contributed by atoms with Crippen molar-refractivity contribution in [2.75, 3.05) is 24.6 Å². The van der Waals surface area contributed by atoms with E-state index in [4.69, 9.17) is 21.1 Å². The van der Waals surface area contributed by atoms with Gasteiger partial charge in [-0.15, -0.1) is 0 Å². The Morgan fingerprint density at radius 2 is 1.83 bits per heavy atom. The predicted molar refractivity (Wildman–Crippen MR) is 166 cm³/mol. The van der Waals surface area contributed by atoms with Crippen molar-refractivity contribution in [3.05, 3.63) is 58.1 Å². The Hall–Kier alpha value is -2.29. The number of fused-ring (bicyclic) bond motifs is 4. The number of nitrogens with zero attached hydrogens (tertiary/aromatic N) is 1. The van der Waals surface area contributed by atoms with Gasteiger partial charge in [-0.2, -0.15) is 0 Å². The van der Waals surface area contributed by atoms with Crippen LogP contribution in [0.3, 0.4) is 0 Å². The lowest BCUT2D eigenvalue weighted by atomic mass is 9.60. The fraction of sp³-hybridized carbons (Fsp3) is 0.606. The number of benzene rings is 2. The highest BCUT2D eigenvalue weighted by molar-refractivity contribution is 7.90. The van der Waals surface area contributed by atoms with E-state index in [0.29, 0.717) is 29.8 Å². The van der Waals surface area contributed by atoms with Crippen LogP contribution in [0.2, 0.25) is 5.02 Å². The molecule has 3 aliphatic heterocycles. The van der Waals surface area contributed by atoms with Crippen molar-refractivity contribution in [3.63, 3.8) is 0 Å². The van der Waals surface area contributed by atoms with Crippen LogP contribution in [-0.2, 0) is 27.8 Å². The van der Waals surface area contributed by atoms with Crippen LogP contribution in [-0.4, -0.2) is 44.9 Å². The molecule has 1 saturated heterocycles. The Kier molecular flexibility index (Phi) is 8.51. The van der Waals surface area contributed by atoms with Crippen molar-refractivity contribution in [1.29, 1.82) is 0 Å². The summed E-state index contributed by atoms with van der Waals surface area (Å²) in [5.41, 5.74) is 3.39. The summed E-state index contributed by atoms with van der Waals surface area (Å²) in [6.45, 7) is 6.56. The van der Waals surface area contributed by atoms with E-state index in [1.54, 1.807) is 13.0 Å². The number of carbonyl (C=O) groups is 1. The van der Waals surface area contributed by atoms with Crippen molar-refractivity contribution < 1.29 is 22.7 Å². The molecule has 5 atom stereocenters. The molecular weight excluding hydrogens is 572 g/mol. The highest BCUT2D eigenvalue weighted by Crippen LogP contribution is 2.52. The lowest BCUT2D eigenvalue weighted by Crippen LogP contribution is -2.57. The van der Waals surface area contributed by atoms with Crippen LogP contribution >= 0.6 is 11.6 Å². The van der Waals surface area contributed by atoms with Crippen molar-refractivity contribution >= 4 is 33.2 Å². The number of sulfonamides is 1. The van der Waals surface area contributed by atoms with Crippen molar-refractivity contribution in [2.24, 2.45) is 17.8 Å². The SMILES string of the molecule is C[C@@H]1[C@@H](C)CCC[C@@]2(CCO2)[C@@H]2CC[C@H]2CN2CCCCc3cc(Cl)ccc3COc3ccc(cc32)C(=O)NS1(=O)=O. The number of amides is 1. The molecule has 3 heterocycles. The monoisotopic (exact) mass is 614 g/mol. The molecule has 1 saturated carbocycles. The largest absolute Gasteiger partial charge is 0.487 e. The zero-order valence-corrected chi connectivity index (χ0v) is 26.3. The van der Waals surface area contributed by atoms with Gasteiger partial charge in [0.05, 0.1) is 23.1 Å². The van der Waals surface area contributed by atoms with Gasteiger partial charge in [0.1, 0.15) is 12.4 Å². The molecule has 2 fully saturated rings. The molecule has 2 aromatic carbocycles. The maximum Gasteiger partial charge on any atom is 0.264 e. The first kappa shape index (κ1) is 29.8. The minimum atomic E-state index is -3.85. The minimum Gasteiger partial charge on any atom is -0.487 e. The molecular formula is C33H43ClN2O5S. The Morgan fingerprint density at radius 1 is 1.00 bits per heavy atom. The summed E-state index contributed by atoms with van der Waals surface area (Å²) in [5.74, 6) is 1.02. The van der Waals surface area contributed by atoms with E-state index in [2.05, 4.69) is 9.62 Å². The van der Waals surface area contributed by atoms with E-state index in [1.165, 1.54) is 12.0 Å². The number of ether oxygens (including phenoxy) is 2. The Morgan fingerprint density at radius 3 is 2.57 bits per heavy atom. The lowest BCUT2D eigenvalue weighted by Gasteiger charge is -2.56. The lowest BCUT2D eigenvalue weighted by molar-refractivity contribution is -0.215. The molecule has 9 heteroatoms. The number of hydrogen-bond donors (Lipinski definition) is 1. The van der Waals surface area contributed by atoms with Crippen molar-refractivity contribution in [3.8, 4) is 5.75 Å². The quantitative estimate of drug-likeness (QED) is 0.364. The highest BCUT2D eigenvalue weighted by atomic mass is 35.5. The zero-order valence-electron chi connectivity index (χ0n) is 24.7. The Labute approximate surface area is 255 Å². The number of hydrogen-bond acceptors (Lipinski definition) is 6. The molecule has 228 valence electrons. The van der Waals surface area contributed by atoms with E-state index in [9.17, 15) is 13.2 Å². The second kappa shape index (κ2) is 12.0. The van der Waals surface area contributed by atoms with Gasteiger partial charge in [-0.05, 0) is 111 Å². The molecule has 1 N–H and O–H groups in total. The summed E-state index contributed by atoms with van der Waals surface area (Å²) in [7, 11) is -3.85. The minimum absolute atomic E-state index is 0.0772. The third-order valence-corrected chi connectivity index (χ3v) is 12.6. The van der Waals surface area contributed by atoms with E-state index >= 15 is 0 Å². The van der Waals surface area contributed by atoms with Crippen LogP contribution in [0.5, 0.6) is 5.75 Å². The van der Waals surface area contributed by atoms with E-state index in [1.807, 2.05) is 37.3 Å². The predicted octanol–water partition coefficient (Wildman–Crippen LogP) is 6.52. The smallest absolute Gasteiger partial charge is 0.264 e. The molecule has 1 amide bonds. The molecule has 2 bridgehead atoms. The number of halogens is 1. The summed E-state index contributed by atoms with van der Waals surface area (Å²) in [5, 5.41) is 0.0462. The molecule has 2 aromatic rings. The van der Waals surface area contributed by atoms with E-state index in [0.717, 1.165) is 87.3 Å². The molecule has 42 heavy (non-hydrogen) atoms. The Bertz CT molecular complexity index is 1430. The first-order valence-electron chi connectivity index (χ1n) is 15.6. The zero-order chi connectivity index (χ0) is 29.5. The van der Waals surface area contributed by atoms with Gasteiger partial charge in [0.25, 0.3) is 5.91 Å². The summed E-state index contributed by atoms with van der Waals surface area (Å²) in [6.07, 6.45) is 8.99. The average Bonchev–Trinajstić information content (AvgIpc) is 2.95. The molecule has 0 unspecified atom stereocenters. The van der Waals surface area contributed by atoms with Gasteiger partial charge in [-0.3, -0.25) is 4.79 Å². The van der Waals surface area contributed by atoms with Crippen LogP contribution in [0.15, 0.2) is 36.4 Å². The van der Waals surface area contributed by atoms with Gasteiger partial charge in [0.15, 0.2) is 0 Å². The first-order valence-corrected chi connectivity index (χ1v) is 17.6. The number of rotatable bonds is 0. The number of anilines is 1. The summed E-state index contributed by atoms with van der Waals surface area (Å²) >= 11 is 6.33. The standard InChI is InChI=1S/C33H43ClN2O5S/c1-22-6-5-14-33(15-17-41-33)29-12-9-26(29)20-36-16-4-3-7-24-18-28(34)11-8-27(24)21-40-31-13-10-25(19-30(31)36)32(37)35-42(38,39)23(22)2/h8,10-11,13,18-19,22-23,26,29H,3-7,9,12,14-17,20-21H2,1-2H3,(H,35,37)/t22-,23+,26-,29+,33+/m0/s1. The van der Waals surface area contributed by atoms with Gasteiger partial charge in [0, 0.05) is 30.1 Å². The second-order valence-corrected chi connectivity index (χ2v) is 15.4. The molecule has 7 nitrogen and oxygen atoms in total. The van der Waals surface area contributed by atoms with Crippen molar-refractivity contribution in [1.82, 2.24) is 4.72 Å². The van der Waals surface area contributed by atoms with Gasteiger partial charge < -0.3 is 14.4 Å². The normalized spacial score (nSPS) is 31.7.